The van der Waals surface area contributed by atoms with Crippen LogP contribution in [0.5, 0.6) is 0 Å². The lowest BCUT2D eigenvalue weighted by molar-refractivity contribution is 0.143. The topological polar surface area (TPSA) is 40.5 Å². The van der Waals surface area contributed by atoms with Crippen LogP contribution >= 0.6 is 0 Å². The number of aliphatic hydroxyl groups is 2. The van der Waals surface area contributed by atoms with Gasteiger partial charge in [0.05, 0.1) is 0 Å². The molecule has 138 valence electrons. The molecule has 2 N–H and O–H groups in total. The molecular formula is C26H22O2. The third-order valence-corrected chi connectivity index (χ3v) is 4.67. The predicted octanol–water partition coefficient (Wildman–Crippen LogP) is 4.83. The van der Waals surface area contributed by atoms with Crippen LogP contribution in [-0.2, 0) is 0 Å². The molecule has 0 atom stereocenters. The lowest BCUT2D eigenvalue weighted by Gasteiger charge is -2.14. The molecule has 0 aromatic heterocycles. The van der Waals surface area contributed by atoms with Crippen LogP contribution < -0.4 is 0 Å². The summed E-state index contributed by atoms with van der Waals surface area (Å²) in [5.41, 5.74) is -0.276. The van der Waals surface area contributed by atoms with Crippen molar-refractivity contribution in [3.63, 3.8) is 0 Å². The average molecular weight is 366 g/mol. The molecule has 0 saturated heterocycles. The highest BCUT2D eigenvalue weighted by Gasteiger charge is 2.13. The molecule has 0 aliphatic rings. The Morgan fingerprint density at radius 2 is 0.929 bits per heavy atom. The van der Waals surface area contributed by atoms with E-state index in [9.17, 15) is 10.2 Å². The second-order valence-corrected chi connectivity index (χ2v) is 8.27. The second kappa shape index (κ2) is 6.25. The maximum Gasteiger partial charge on any atom is 0.120 e. The maximum atomic E-state index is 9.97. The van der Waals surface area contributed by atoms with Crippen molar-refractivity contribution in [2.24, 2.45) is 0 Å². The summed E-state index contributed by atoms with van der Waals surface area (Å²) >= 11 is 0. The Morgan fingerprint density at radius 3 is 1.29 bits per heavy atom. The Bertz CT molecular complexity index is 1220. The van der Waals surface area contributed by atoms with E-state index >= 15 is 0 Å². The fourth-order valence-corrected chi connectivity index (χ4v) is 3.46. The van der Waals surface area contributed by atoms with Crippen LogP contribution in [0, 0.1) is 23.7 Å². The maximum absolute atomic E-state index is 9.97. The Labute approximate surface area is 165 Å². The summed E-state index contributed by atoms with van der Waals surface area (Å²) in [6.45, 7) is 6.74. The molecule has 2 nitrogen and oxygen atoms in total. The first-order valence-corrected chi connectivity index (χ1v) is 9.34. The van der Waals surface area contributed by atoms with E-state index in [4.69, 9.17) is 0 Å². The molecule has 2 heteroatoms. The van der Waals surface area contributed by atoms with Crippen LogP contribution in [0.4, 0.5) is 0 Å². The van der Waals surface area contributed by atoms with Gasteiger partial charge in [0, 0.05) is 11.1 Å². The fraction of sp³-hybridized carbons (Fsp3) is 0.231. The van der Waals surface area contributed by atoms with E-state index in [1.54, 1.807) is 27.7 Å². The summed E-state index contributed by atoms with van der Waals surface area (Å²) < 4.78 is 0. The van der Waals surface area contributed by atoms with Crippen molar-refractivity contribution in [1.82, 2.24) is 0 Å². The van der Waals surface area contributed by atoms with Gasteiger partial charge in [-0.15, -0.1) is 0 Å². The largest absolute Gasteiger partial charge is 0.378 e. The molecule has 0 bridgehead atoms. The minimum absolute atomic E-state index is 0.900. The average Bonchev–Trinajstić information content (AvgIpc) is 2.62. The summed E-state index contributed by atoms with van der Waals surface area (Å²) in [6, 6.07) is 16.6. The molecule has 0 aliphatic heterocycles. The van der Waals surface area contributed by atoms with Crippen molar-refractivity contribution in [3.8, 4) is 23.7 Å². The summed E-state index contributed by atoms with van der Waals surface area (Å²) in [5.74, 6) is 12.1. The van der Waals surface area contributed by atoms with E-state index < -0.39 is 11.2 Å². The van der Waals surface area contributed by atoms with Crippen molar-refractivity contribution in [3.05, 3.63) is 59.7 Å². The van der Waals surface area contributed by atoms with Gasteiger partial charge in [-0.25, -0.2) is 0 Å². The lowest BCUT2D eigenvalue weighted by atomic mass is 9.90. The Balaban J connectivity index is 2.06. The molecule has 4 aromatic rings. The van der Waals surface area contributed by atoms with Gasteiger partial charge in [-0.1, -0.05) is 60.1 Å². The first-order valence-electron chi connectivity index (χ1n) is 9.34. The van der Waals surface area contributed by atoms with E-state index in [1.807, 2.05) is 12.1 Å². The van der Waals surface area contributed by atoms with Gasteiger partial charge in [-0.3, -0.25) is 0 Å². The number of hydrogen-bond acceptors (Lipinski definition) is 2. The van der Waals surface area contributed by atoms with Crippen LogP contribution in [0.2, 0.25) is 0 Å². The SMILES string of the molecule is CC(C)(O)C#Cc1ccc2ccc3ccc(C#CC(C)(C)O)c4ccc1c2c34. The highest BCUT2D eigenvalue weighted by molar-refractivity contribution is 6.24. The van der Waals surface area contributed by atoms with Gasteiger partial charge >= 0.3 is 0 Å². The molecule has 0 spiro atoms. The van der Waals surface area contributed by atoms with Gasteiger partial charge < -0.3 is 10.2 Å². The van der Waals surface area contributed by atoms with E-state index in [0.29, 0.717) is 0 Å². The molecular weight excluding hydrogens is 344 g/mol. The monoisotopic (exact) mass is 366 g/mol. The van der Waals surface area contributed by atoms with Gasteiger partial charge in [0.2, 0.25) is 0 Å². The molecule has 28 heavy (non-hydrogen) atoms. The van der Waals surface area contributed by atoms with Crippen LogP contribution in [0.15, 0.2) is 48.5 Å². The first kappa shape index (κ1) is 18.3. The number of benzene rings is 4. The third-order valence-electron chi connectivity index (χ3n) is 4.67. The van der Waals surface area contributed by atoms with Crippen molar-refractivity contribution < 1.29 is 10.2 Å². The Morgan fingerprint density at radius 1 is 0.571 bits per heavy atom. The zero-order valence-electron chi connectivity index (χ0n) is 16.5. The smallest absolute Gasteiger partial charge is 0.120 e. The van der Waals surface area contributed by atoms with E-state index in [1.165, 1.54) is 0 Å². The number of hydrogen-bond donors (Lipinski definition) is 2. The minimum Gasteiger partial charge on any atom is -0.378 e. The first-order chi connectivity index (χ1) is 13.1. The van der Waals surface area contributed by atoms with Crippen LogP contribution in [0.3, 0.4) is 0 Å². The zero-order valence-corrected chi connectivity index (χ0v) is 16.5. The normalized spacial score (nSPS) is 12.1. The highest BCUT2D eigenvalue weighted by Crippen LogP contribution is 2.37. The molecule has 0 unspecified atom stereocenters. The fourth-order valence-electron chi connectivity index (χ4n) is 3.46. The molecule has 0 fully saturated rings. The molecule has 0 radical (unpaired) electrons. The van der Waals surface area contributed by atoms with Crippen molar-refractivity contribution in [1.29, 1.82) is 0 Å². The Hall–Kier alpha value is -3.04. The number of rotatable bonds is 0. The molecule has 0 amide bonds. The van der Waals surface area contributed by atoms with E-state index in [2.05, 4.69) is 60.1 Å². The Kier molecular flexibility index (Phi) is 4.09. The second-order valence-electron chi connectivity index (χ2n) is 8.27. The molecule has 4 aromatic carbocycles. The van der Waals surface area contributed by atoms with Gasteiger partial charge in [-0.05, 0) is 72.1 Å². The van der Waals surface area contributed by atoms with Crippen LogP contribution in [-0.4, -0.2) is 21.4 Å². The van der Waals surface area contributed by atoms with Gasteiger partial charge in [0.15, 0.2) is 0 Å². The van der Waals surface area contributed by atoms with Gasteiger partial charge in [0.25, 0.3) is 0 Å². The summed E-state index contributed by atoms with van der Waals surface area (Å²) in [6.07, 6.45) is 0. The third kappa shape index (κ3) is 3.41. The molecule has 0 aliphatic carbocycles. The van der Waals surface area contributed by atoms with E-state index in [-0.39, 0.29) is 0 Å². The summed E-state index contributed by atoms with van der Waals surface area (Å²) in [4.78, 5) is 0. The molecule has 0 saturated carbocycles. The highest BCUT2D eigenvalue weighted by atomic mass is 16.3. The van der Waals surface area contributed by atoms with E-state index in [0.717, 1.165) is 43.4 Å². The lowest BCUT2D eigenvalue weighted by Crippen LogP contribution is -2.14. The summed E-state index contributed by atoms with van der Waals surface area (Å²) in [5, 5.41) is 26.7. The zero-order chi connectivity index (χ0) is 20.1. The van der Waals surface area contributed by atoms with Crippen molar-refractivity contribution in [2.45, 2.75) is 38.9 Å². The van der Waals surface area contributed by atoms with Gasteiger partial charge in [-0.2, -0.15) is 0 Å². The van der Waals surface area contributed by atoms with Crippen LogP contribution in [0.1, 0.15) is 38.8 Å². The van der Waals surface area contributed by atoms with Crippen molar-refractivity contribution in [2.75, 3.05) is 0 Å². The molecule has 0 heterocycles. The predicted molar refractivity (Wildman–Crippen MR) is 116 cm³/mol. The standard InChI is InChI=1S/C26H22O2/c1-25(2,27)15-13-17-5-7-19-9-10-20-8-6-18(14-16-26(3,4)28)22-12-11-21(17)23(19)24(20)22/h5-12,27-28H,1-4H3. The minimum atomic E-state index is -1.04. The van der Waals surface area contributed by atoms with Crippen molar-refractivity contribution >= 4 is 32.3 Å². The summed E-state index contributed by atoms with van der Waals surface area (Å²) in [7, 11) is 0. The molecule has 4 rings (SSSR count). The van der Waals surface area contributed by atoms with Gasteiger partial charge in [0.1, 0.15) is 11.2 Å². The quantitative estimate of drug-likeness (QED) is 0.346. The van der Waals surface area contributed by atoms with Crippen LogP contribution in [0.25, 0.3) is 32.3 Å².